The molecule has 138 valence electrons. The van der Waals surface area contributed by atoms with Crippen LogP contribution in [0.15, 0.2) is 24.3 Å². The van der Waals surface area contributed by atoms with Gasteiger partial charge in [0.25, 0.3) is 5.91 Å². The topological polar surface area (TPSA) is 105 Å². The van der Waals surface area contributed by atoms with Crippen LogP contribution in [-0.4, -0.2) is 47.8 Å². The largest absolute Gasteiger partial charge is 0.353 e. The highest BCUT2D eigenvalue weighted by molar-refractivity contribution is 6.05. The molecule has 26 heavy (non-hydrogen) atoms. The minimum atomic E-state index is -0.646. The second-order valence-electron chi connectivity index (χ2n) is 7.46. The molecule has 2 aliphatic carbocycles. The van der Waals surface area contributed by atoms with Crippen molar-refractivity contribution < 1.29 is 14.4 Å². The van der Waals surface area contributed by atoms with Gasteiger partial charge in [-0.25, -0.2) is 0 Å². The second kappa shape index (κ2) is 6.72. The van der Waals surface area contributed by atoms with Gasteiger partial charge < -0.3 is 21.3 Å². The van der Waals surface area contributed by atoms with Crippen molar-refractivity contribution >= 4 is 17.7 Å². The number of hydrogen-bond acceptors (Lipinski definition) is 4. The van der Waals surface area contributed by atoms with E-state index in [1.807, 2.05) is 12.1 Å². The van der Waals surface area contributed by atoms with Crippen LogP contribution in [0.1, 0.15) is 47.6 Å². The van der Waals surface area contributed by atoms with E-state index in [9.17, 15) is 14.4 Å². The average molecular weight is 356 g/mol. The lowest BCUT2D eigenvalue weighted by molar-refractivity contribution is -0.129. The highest BCUT2D eigenvalue weighted by atomic mass is 16.2. The molecule has 7 nitrogen and oxygen atoms in total. The van der Waals surface area contributed by atoms with Gasteiger partial charge in [0.1, 0.15) is 6.04 Å². The summed E-state index contributed by atoms with van der Waals surface area (Å²) in [5, 5.41) is 5.45. The van der Waals surface area contributed by atoms with Crippen molar-refractivity contribution in [3.05, 3.63) is 35.4 Å². The molecule has 0 spiro atoms. The van der Waals surface area contributed by atoms with E-state index in [4.69, 9.17) is 5.73 Å². The summed E-state index contributed by atoms with van der Waals surface area (Å²) in [5.74, 6) is -0.150. The van der Waals surface area contributed by atoms with Crippen LogP contribution < -0.4 is 16.4 Å². The van der Waals surface area contributed by atoms with Gasteiger partial charge in [-0.3, -0.25) is 14.4 Å². The van der Waals surface area contributed by atoms with Crippen molar-refractivity contribution in [1.29, 1.82) is 0 Å². The van der Waals surface area contributed by atoms with Crippen LogP contribution in [0.5, 0.6) is 0 Å². The van der Waals surface area contributed by atoms with Gasteiger partial charge in [0.2, 0.25) is 11.8 Å². The minimum Gasteiger partial charge on any atom is -0.353 e. The molecule has 2 atom stereocenters. The number of nitrogens with two attached hydrogens (primary N) is 1. The molecule has 0 saturated heterocycles. The van der Waals surface area contributed by atoms with Crippen LogP contribution in [0.3, 0.4) is 0 Å². The van der Waals surface area contributed by atoms with Gasteiger partial charge >= 0.3 is 0 Å². The Morgan fingerprint density at radius 2 is 1.88 bits per heavy atom. The molecule has 1 aromatic rings. The van der Waals surface area contributed by atoms with E-state index in [-0.39, 0.29) is 36.3 Å². The quantitative estimate of drug-likeness (QED) is 0.654. The number of amides is 3. The lowest BCUT2D eigenvalue weighted by atomic mass is 10.0. The first-order chi connectivity index (χ1) is 12.6. The number of carbonyl (C=O) groups excluding carboxylic acids is 3. The molecule has 1 aromatic carbocycles. The molecule has 1 aliphatic heterocycles. The highest BCUT2D eigenvalue weighted by Gasteiger charge is 2.47. The lowest BCUT2D eigenvalue weighted by Gasteiger charge is -2.24. The van der Waals surface area contributed by atoms with E-state index in [2.05, 4.69) is 10.6 Å². The molecule has 4 N–H and O–H groups in total. The predicted molar refractivity (Wildman–Crippen MR) is 95.1 cm³/mol. The van der Waals surface area contributed by atoms with Crippen LogP contribution in [0.4, 0.5) is 0 Å². The summed E-state index contributed by atoms with van der Waals surface area (Å²) >= 11 is 0. The van der Waals surface area contributed by atoms with E-state index >= 15 is 0 Å². The van der Waals surface area contributed by atoms with E-state index in [1.54, 1.807) is 17.0 Å². The zero-order chi connectivity index (χ0) is 18.3. The van der Waals surface area contributed by atoms with Gasteiger partial charge in [-0.15, -0.1) is 0 Å². The smallest absolute Gasteiger partial charge is 0.255 e. The SMILES string of the molecule is NC(CNC(=O)CNC(=O)C1c2ccccc2C(=O)N1C1CC1)C1CC1. The van der Waals surface area contributed by atoms with Gasteiger partial charge in [0, 0.05) is 24.2 Å². The molecular formula is C19H24N4O3. The van der Waals surface area contributed by atoms with Crippen molar-refractivity contribution in [2.24, 2.45) is 11.7 Å². The Hall–Kier alpha value is -2.41. The van der Waals surface area contributed by atoms with E-state index < -0.39 is 6.04 Å². The molecule has 7 heteroatoms. The molecule has 0 bridgehead atoms. The second-order valence-corrected chi connectivity index (χ2v) is 7.46. The molecule has 3 aliphatic rings. The fourth-order valence-electron chi connectivity index (χ4n) is 3.58. The molecule has 0 radical (unpaired) electrons. The van der Waals surface area contributed by atoms with Gasteiger partial charge in [0.05, 0.1) is 6.54 Å². The third kappa shape index (κ3) is 3.31. The lowest BCUT2D eigenvalue weighted by Crippen LogP contribution is -2.46. The minimum absolute atomic E-state index is 0.0145. The third-order valence-electron chi connectivity index (χ3n) is 5.37. The van der Waals surface area contributed by atoms with E-state index in [0.717, 1.165) is 31.2 Å². The number of rotatable bonds is 7. The Morgan fingerprint density at radius 1 is 1.15 bits per heavy atom. The Bertz CT molecular complexity index is 742. The monoisotopic (exact) mass is 356 g/mol. The van der Waals surface area contributed by atoms with Crippen molar-refractivity contribution in [1.82, 2.24) is 15.5 Å². The zero-order valence-corrected chi connectivity index (χ0v) is 14.6. The fourth-order valence-corrected chi connectivity index (χ4v) is 3.58. The normalized spacial score (nSPS) is 22.7. The fraction of sp³-hybridized carbons (Fsp3) is 0.526. The highest BCUT2D eigenvalue weighted by Crippen LogP contribution is 2.41. The number of nitrogens with one attached hydrogen (secondary N) is 2. The molecule has 2 saturated carbocycles. The summed E-state index contributed by atoms with van der Waals surface area (Å²) in [6.45, 7) is 0.319. The number of fused-ring (bicyclic) bond motifs is 1. The maximum absolute atomic E-state index is 12.7. The number of hydrogen-bond donors (Lipinski definition) is 3. The van der Waals surface area contributed by atoms with Crippen molar-refractivity contribution in [2.45, 2.75) is 43.8 Å². The first-order valence-corrected chi connectivity index (χ1v) is 9.28. The van der Waals surface area contributed by atoms with Crippen molar-refractivity contribution in [3.63, 3.8) is 0 Å². The summed E-state index contributed by atoms with van der Waals surface area (Å²) in [6.07, 6.45) is 4.09. The number of benzene rings is 1. The molecule has 0 aromatic heterocycles. The number of carbonyl (C=O) groups is 3. The van der Waals surface area contributed by atoms with Crippen LogP contribution >= 0.6 is 0 Å². The predicted octanol–water partition coefficient (Wildman–Crippen LogP) is 0.316. The molecule has 2 unspecified atom stereocenters. The molecule has 4 rings (SSSR count). The summed E-state index contributed by atoms with van der Waals surface area (Å²) < 4.78 is 0. The van der Waals surface area contributed by atoms with Crippen molar-refractivity contribution in [3.8, 4) is 0 Å². The summed E-state index contributed by atoms with van der Waals surface area (Å²) in [5.41, 5.74) is 7.27. The van der Waals surface area contributed by atoms with Gasteiger partial charge in [-0.05, 0) is 43.2 Å². The van der Waals surface area contributed by atoms with Crippen molar-refractivity contribution in [2.75, 3.05) is 13.1 Å². The first-order valence-electron chi connectivity index (χ1n) is 9.28. The average Bonchev–Trinajstić information content (AvgIpc) is 3.54. The van der Waals surface area contributed by atoms with Crippen LogP contribution in [0, 0.1) is 5.92 Å². The Labute approximate surface area is 152 Å². The summed E-state index contributed by atoms with van der Waals surface area (Å²) in [4.78, 5) is 39.0. The molecule has 3 amide bonds. The number of nitrogens with zero attached hydrogens (tertiary/aromatic N) is 1. The Balaban J connectivity index is 1.37. The maximum Gasteiger partial charge on any atom is 0.255 e. The summed E-state index contributed by atoms with van der Waals surface area (Å²) in [6, 6.07) is 6.66. The molecule has 2 fully saturated rings. The van der Waals surface area contributed by atoms with Gasteiger partial charge in [-0.1, -0.05) is 18.2 Å². The van der Waals surface area contributed by atoms with Gasteiger partial charge in [0.15, 0.2) is 0 Å². The van der Waals surface area contributed by atoms with Crippen LogP contribution in [-0.2, 0) is 9.59 Å². The summed E-state index contributed by atoms with van der Waals surface area (Å²) in [7, 11) is 0. The van der Waals surface area contributed by atoms with E-state index in [0.29, 0.717) is 18.0 Å². The van der Waals surface area contributed by atoms with Crippen LogP contribution in [0.2, 0.25) is 0 Å². The zero-order valence-electron chi connectivity index (χ0n) is 14.6. The maximum atomic E-state index is 12.7. The third-order valence-corrected chi connectivity index (χ3v) is 5.37. The van der Waals surface area contributed by atoms with Crippen LogP contribution in [0.25, 0.3) is 0 Å². The van der Waals surface area contributed by atoms with E-state index in [1.165, 1.54) is 0 Å². The molecular weight excluding hydrogens is 332 g/mol. The Morgan fingerprint density at radius 3 is 2.58 bits per heavy atom. The molecule has 1 heterocycles. The standard InChI is InChI=1S/C19H24N4O3/c20-15(11-5-6-11)9-21-16(24)10-22-18(25)17-13-3-1-2-4-14(13)19(26)23(17)12-7-8-12/h1-4,11-12,15,17H,5-10,20H2,(H,21,24)(H,22,25). The Kier molecular flexibility index (Phi) is 4.40. The van der Waals surface area contributed by atoms with Gasteiger partial charge in [-0.2, -0.15) is 0 Å². The first kappa shape index (κ1) is 17.0.